The summed E-state index contributed by atoms with van der Waals surface area (Å²) in [6.07, 6.45) is 0.954. The highest BCUT2D eigenvalue weighted by molar-refractivity contribution is 6.09. The van der Waals surface area contributed by atoms with Crippen molar-refractivity contribution in [1.29, 1.82) is 0 Å². The first-order valence-corrected chi connectivity index (χ1v) is 8.92. The van der Waals surface area contributed by atoms with Crippen LogP contribution in [0.1, 0.15) is 11.1 Å². The minimum Gasteiger partial charge on any atom is -0.455 e. The summed E-state index contributed by atoms with van der Waals surface area (Å²) in [6, 6.07) is 34.0. The van der Waals surface area contributed by atoms with Crippen molar-refractivity contribution < 1.29 is 4.42 Å². The predicted octanol–water partition coefficient (Wildman–Crippen LogP) is 6.84. The zero-order chi connectivity index (χ0) is 17.3. The average molecular weight is 334 g/mol. The summed E-state index contributed by atoms with van der Waals surface area (Å²) in [4.78, 5) is 0. The van der Waals surface area contributed by atoms with E-state index in [1.807, 2.05) is 12.1 Å². The maximum absolute atomic E-state index is 6.16. The van der Waals surface area contributed by atoms with E-state index in [0.717, 1.165) is 23.2 Å². The Labute approximate surface area is 152 Å². The molecule has 1 aromatic heterocycles. The van der Waals surface area contributed by atoms with E-state index in [-0.39, 0.29) is 0 Å². The van der Waals surface area contributed by atoms with Crippen LogP contribution in [0.25, 0.3) is 33.1 Å². The van der Waals surface area contributed by atoms with Crippen molar-refractivity contribution >= 4 is 21.9 Å². The third-order valence-corrected chi connectivity index (χ3v) is 4.92. The van der Waals surface area contributed by atoms with Crippen LogP contribution in [0.15, 0.2) is 101 Å². The van der Waals surface area contributed by atoms with Crippen molar-refractivity contribution in [2.75, 3.05) is 0 Å². The van der Waals surface area contributed by atoms with Gasteiger partial charge in [0.05, 0.1) is 0 Å². The molecule has 0 aliphatic rings. The summed E-state index contributed by atoms with van der Waals surface area (Å²) < 4.78 is 6.16. The fourth-order valence-corrected chi connectivity index (χ4v) is 3.61. The summed E-state index contributed by atoms with van der Waals surface area (Å²) in [6.45, 7) is 0. The molecular weight excluding hydrogens is 316 g/mol. The van der Waals surface area contributed by atoms with Crippen molar-refractivity contribution in [3.63, 3.8) is 0 Å². The highest BCUT2D eigenvalue weighted by atomic mass is 16.3. The van der Waals surface area contributed by atoms with Gasteiger partial charge in [0, 0.05) is 16.3 Å². The largest absolute Gasteiger partial charge is 0.455 e. The molecule has 5 aromatic rings. The lowest BCUT2D eigenvalue weighted by Gasteiger charge is -2.06. The molecule has 0 amide bonds. The van der Waals surface area contributed by atoms with Crippen LogP contribution in [0.4, 0.5) is 0 Å². The summed E-state index contributed by atoms with van der Waals surface area (Å²) in [5.74, 6) is 0. The van der Waals surface area contributed by atoms with Gasteiger partial charge in [-0.1, -0.05) is 91.0 Å². The minimum atomic E-state index is 0.940. The van der Waals surface area contributed by atoms with Crippen molar-refractivity contribution in [2.45, 2.75) is 6.42 Å². The normalized spacial score (nSPS) is 11.2. The Morgan fingerprint density at radius 3 is 2.08 bits per heavy atom. The third kappa shape index (κ3) is 2.58. The second-order valence-corrected chi connectivity index (χ2v) is 6.64. The van der Waals surface area contributed by atoms with Gasteiger partial charge in [0.25, 0.3) is 0 Å². The monoisotopic (exact) mass is 334 g/mol. The molecule has 0 N–H and O–H groups in total. The van der Waals surface area contributed by atoms with E-state index in [0.29, 0.717) is 0 Å². The molecule has 0 bridgehead atoms. The Balaban J connectivity index is 1.55. The van der Waals surface area contributed by atoms with E-state index in [1.54, 1.807) is 0 Å². The minimum absolute atomic E-state index is 0.940. The highest BCUT2D eigenvalue weighted by Crippen LogP contribution is 2.35. The van der Waals surface area contributed by atoms with Gasteiger partial charge in [-0.2, -0.15) is 0 Å². The third-order valence-electron chi connectivity index (χ3n) is 4.92. The highest BCUT2D eigenvalue weighted by Gasteiger charge is 2.11. The first-order chi connectivity index (χ1) is 12.9. The molecule has 124 valence electrons. The zero-order valence-electron chi connectivity index (χ0n) is 14.4. The Morgan fingerprint density at radius 1 is 0.538 bits per heavy atom. The van der Waals surface area contributed by atoms with Crippen molar-refractivity contribution in [3.05, 3.63) is 108 Å². The van der Waals surface area contributed by atoms with E-state index < -0.39 is 0 Å². The quantitative estimate of drug-likeness (QED) is 0.352. The summed E-state index contributed by atoms with van der Waals surface area (Å²) in [5.41, 5.74) is 6.88. The molecule has 5 rings (SSSR count). The van der Waals surface area contributed by atoms with Crippen LogP contribution >= 0.6 is 0 Å². The van der Waals surface area contributed by atoms with Gasteiger partial charge >= 0.3 is 0 Å². The Hall–Kier alpha value is -3.32. The van der Waals surface area contributed by atoms with Gasteiger partial charge in [-0.25, -0.2) is 0 Å². The lowest BCUT2D eigenvalue weighted by atomic mass is 9.99. The Bertz CT molecular complexity index is 1180. The first-order valence-electron chi connectivity index (χ1n) is 8.92. The van der Waals surface area contributed by atoms with Crippen LogP contribution < -0.4 is 0 Å². The predicted molar refractivity (Wildman–Crippen MR) is 108 cm³/mol. The summed E-state index contributed by atoms with van der Waals surface area (Å²) in [5, 5.41) is 2.34. The van der Waals surface area contributed by atoms with Gasteiger partial charge in [-0.3, -0.25) is 0 Å². The number of furan rings is 1. The lowest BCUT2D eigenvalue weighted by Crippen LogP contribution is -1.88. The topological polar surface area (TPSA) is 13.1 Å². The van der Waals surface area contributed by atoms with Crippen LogP contribution in [0.3, 0.4) is 0 Å². The fourth-order valence-electron chi connectivity index (χ4n) is 3.61. The molecule has 0 fully saturated rings. The number of rotatable bonds is 3. The van der Waals surface area contributed by atoms with Gasteiger partial charge in [0.1, 0.15) is 11.2 Å². The Kier molecular flexibility index (Phi) is 3.57. The first kappa shape index (κ1) is 15.0. The molecular formula is C25H18O. The van der Waals surface area contributed by atoms with Crippen LogP contribution in [0.5, 0.6) is 0 Å². The van der Waals surface area contributed by atoms with Gasteiger partial charge in [0.15, 0.2) is 0 Å². The molecule has 0 aliphatic heterocycles. The van der Waals surface area contributed by atoms with Gasteiger partial charge in [-0.05, 0) is 29.2 Å². The number of para-hydroxylation sites is 2. The SMILES string of the molecule is c1ccc(Cc2ccc(-c3cccc4c3oc3ccccc34)cc2)cc1. The number of fused-ring (bicyclic) bond motifs is 3. The van der Waals surface area contributed by atoms with Crippen LogP contribution in [-0.2, 0) is 6.42 Å². The smallest absolute Gasteiger partial charge is 0.143 e. The molecule has 4 aromatic carbocycles. The van der Waals surface area contributed by atoms with Gasteiger partial charge in [0.2, 0.25) is 0 Å². The van der Waals surface area contributed by atoms with E-state index in [2.05, 4.69) is 84.9 Å². The molecule has 1 heterocycles. The maximum Gasteiger partial charge on any atom is 0.143 e. The molecule has 0 unspecified atom stereocenters. The molecule has 26 heavy (non-hydrogen) atoms. The Morgan fingerprint density at radius 2 is 1.23 bits per heavy atom. The van der Waals surface area contributed by atoms with E-state index in [1.165, 1.54) is 27.5 Å². The fraction of sp³-hybridized carbons (Fsp3) is 0.0400. The molecule has 0 saturated heterocycles. The second-order valence-electron chi connectivity index (χ2n) is 6.64. The van der Waals surface area contributed by atoms with Gasteiger partial charge < -0.3 is 4.42 Å². The number of hydrogen-bond acceptors (Lipinski definition) is 1. The molecule has 0 aliphatic carbocycles. The van der Waals surface area contributed by atoms with Crippen molar-refractivity contribution in [1.82, 2.24) is 0 Å². The molecule has 1 nitrogen and oxygen atoms in total. The average Bonchev–Trinajstić information content (AvgIpc) is 3.08. The van der Waals surface area contributed by atoms with E-state index >= 15 is 0 Å². The summed E-state index contributed by atoms with van der Waals surface area (Å²) >= 11 is 0. The standard InChI is InChI=1S/C25H18O/c1-2-7-18(8-3-1)17-19-13-15-20(16-14-19)21-10-6-11-23-22-9-4-5-12-24(22)26-25(21)23/h1-16H,17H2. The number of benzene rings is 4. The second kappa shape index (κ2) is 6.20. The lowest BCUT2D eigenvalue weighted by molar-refractivity contribution is 0.670. The molecule has 0 spiro atoms. The van der Waals surface area contributed by atoms with E-state index in [9.17, 15) is 0 Å². The molecule has 1 heteroatoms. The molecule has 0 atom stereocenters. The van der Waals surface area contributed by atoms with Crippen LogP contribution in [0.2, 0.25) is 0 Å². The van der Waals surface area contributed by atoms with Crippen molar-refractivity contribution in [3.8, 4) is 11.1 Å². The van der Waals surface area contributed by atoms with Gasteiger partial charge in [-0.15, -0.1) is 0 Å². The van der Waals surface area contributed by atoms with Crippen LogP contribution in [-0.4, -0.2) is 0 Å². The molecule has 0 radical (unpaired) electrons. The van der Waals surface area contributed by atoms with Crippen LogP contribution in [0, 0.1) is 0 Å². The van der Waals surface area contributed by atoms with Crippen molar-refractivity contribution in [2.24, 2.45) is 0 Å². The summed E-state index contributed by atoms with van der Waals surface area (Å²) in [7, 11) is 0. The maximum atomic E-state index is 6.16. The zero-order valence-corrected chi connectivity index (χ0v) is 14.4. The number of hydrogen-bond donors (Lipinski definition) is 0. The molecule has 0 saturated carbocycles. The van der Waals surface area contributed by atoms with E-state index in [4.69, 9.17) is 4.42 Å².